The Morgan fingerprint density at radius 1 is 0.474 bits per heavy atom. The monoisotopic (exact) mass is 554 g/mol. The van der Waals surface area contributed by atoms with Crippen molar-refractivity contribution in [1.29, 1.82) is 0 Å². The molecule has 0 spiro atoms. The van der Waals surface area contributed by atoms with Crippen LogP contribution >= 0.6 is 0 Å². The molecule has 0 fully saturated rings. The Bertz CT molecular complexity index is 493. The van der Waals surface area contributed by atoms with Crippen molar-refractivity contribution in [2.24, 2.45) is 0 Å². The van der Waals surface area contributed by atoms with Crippen LogP contribution in [0.4, 0.5) is 0 Å². The minimum absolute atomic E-state index is 0.201. The number of hydrogen-bond donors (Lipinski definition) is 0. The fourth-order valence-electron chi connectivity index (χ4n) is 2.46. The Morgan fingerprint density at radius 3 is 0.947 bits per heavy atom. The average molecular weight is 555 g/mol. The van der Waals surface area contributed by atoms with Crippen LogP contribution in [0.5, 0.6) is 0 Å². The van der Waals surface area contributed by atoms with Gasteiger partial charge in [0, 0.05) is 6.08 Å². The van der Waals surface area contributed by atoms with Gasteiger partial charge in [-0.05, 0) is 13.8 Å². The van der Waals surface area contributed by atoms with E-state index in [0.29, 0.717) is 126 Å². The summed E-state index contributed by atoms with van der Waals surface area (Å²) in [6.07, 6.45) is 1.34. The largest absolute Gasteiger partial charge is 0.460 e. The molecule has 0 rings (SSSR count). The summed E-state index contributed by atoms with van der Waals surface area (Å²) in [5.41, 5.74) is 0. The lowest BCUT2D eigenvalue weighted by Crippen LogP contribution is -2.15. The molecule has 0 saturated heterocycles. The molecule has 0 aromatic rings. The minimum Gasteiger partial charge on any atom is -0.460 e. The summed E-state index contributed by atoms with van der Waals surface area (Å²) in [7, 11) is 0. The Morgan fingerprint density at radius 2 is 0.711 bits per heavy atom. The Labute approximate surface area is 228 Å². The maximum Gasteiger partial charge on any atom is 0.330 e. The van der Waals surface area contributed by atoms with Crippen molar-refractivity contribution in [1.82, 2.24) is 0 Å². The van der Waals surface area contributed by atoms with Crippen LogP contribution in [0.3, 0.4) is 0 Å². The number of hydrogen-bond acceptors (Lipinski definition) is 12. The highest BCUT2D eigenvalue weighted by Gasteiger charge is 1.97. The third-order valence-corrected chi connectivity index (χ3v) is 4.29. The lowest BCUT2D eigenvalue weighted by Gasteiger charge is -2.09. The molecule has 0 heterocycles. The van der Waals surface area contributed by atoms with E-state index < -0.39 is 5.97 Å². The highest BCUT2D eigenvalue weighted by Crippen LogP contribution is 1.89. The second-order valence-electron chi connectivity index (χ2n) is 7.80. The molecular weight excluding hydrogens is 504 g/mol. The summed E-state index contributed by atoms with van der Waals surface area (Å²) < 4.78 is 58.8. The van der Waals surface area contributed by atoms with E-state index in [1.807, 2.05) is 13.8 Å². The van der Waals surface area contributed by atoms with Gasteiger partial charge in [-0.25, -0.2) is 4.79 Å². The number of ether oxygens (including phenoxy) is 11. The maximum atomic E-state index is 10.8. The summed E-state index contributed by atoms with van der Waals surface area (Å²) in [5.74, 6) is -0.457. The molecule has 226 valence electrons. The summed E-state index contributed by atoms with van der Waals surface area (Å²) in [5, 5.41) is 0. The van der Waals surface area contributed by atoms with Crippen molar-refractivity contribution in [3.8, 4) is 0 Å². The molecular formula is C26H50O12. The Balaban J connectivity index is 3.05. The highest BCUT2D eigenvalue weighted by molar-refractivity contribution is 5.81. The molecule has 0 saturated carbocycles. The molecule has 0 aliphatic carbocycles. The molecule has 0 amide bonds. The summed E-state index contributed by atoms with van der Waals surface area (Å²) in [6.45, 7) is 17.0. The van der Waals surface area contributed by atoms with Crippen LogP contribution in [0.2, 0.25) is 0 Å². The van der Waals surface area contributed by atoms with E-state index in [0.717, 1.165) is 6.08 Å². The molecule has 0 aliphatic heterocycles. The zero-order chi connectivity index (χ0) is 27.8. The molecule has 0 N–H and O–H groups in total. The molecule has 12 heteroatoms. The normalized spacial score (nSPS) is 11.3. The third-order valence-electron chi connectivity index (χ3n) is 4.29. The van der Waals surface area contributed by atoms with Crippen molar-refractivity contribution in [2.45, 2.75) is 20.0 Å². The van der Waals surface area contributed by atoms with E-state index in [4.69, 9.17) is 52.1 Å². The van der Waals surface area contributed by atoms with Gasteiger partial charge in [0.25, 0.3) is 0 Å². The number of esters is 1. The van der Waals surface area contributed by atoms with E-state index in [9.17, 15) is 4.79 Å². The average Bonchev–Trinajstić information content (AvgIpc) is 2.91. The van der Waals surface area contributed by atoms with Crippen LogP contribution in [-0.2, 0) is 56.9 Å². The summed E-state index contributed by atoms with van der Waals surface area (Å²) in [6, 6.07) is 0. The molecule has 0 radical (unpaired) electrons. The first-order chi connectivity index (χ1) is 18.7. The lowest BCUT2D eigenvalue weighted by molar-refractivity contribution is -0.139. The number of rotatable bonds is 32. The van der Waals surface area contributed by atoms with Crippen molar-refractivity contribution in [3.63, 3.8) is 0 Å². The van der Waals surface area contributed by atoms with Crippen molar-refractivity contribution < 1.29 is 56.9 Å². The topological polar surface area (TPSA) is 119 Å². The van der Waals surface area contributed by atoms with Crippen molar-refractivity contribution >= 4 is 5.97 Å². The lowest BCUT2D eigenvalue weighted by atomic mass is 10.5. The maximum absolute atomic E-state index is 10.8. The smallest absolute Gasteiger partial charge is 0.330 e. The molecule has 12 nitrogen and oxygen atoms in total. The molecule has 0 aliphatic rings. The number of carbonyl (C=O) groups is 1. The van der Waals surface area contributed by atoms with Crippen molar-refractivity contribution in [2.75, 3.05) is 132 Å². The zero-order valence-corrected chi connectivity index (χ0v) is 23.4. The third kappa shape index (κ3) is 32.8. The Hall–Kier alpha value is -1.19. The van der Waals surface area contributed by atoms with Gasteiger partial charge in [0.05, 0.1) is 132 Å². The van der Waals surface area contributed by atoms with Gasteiger partial charge in [-0.1, -0.05) is 6.58 Å². The van der Waals surface area contributed by atoms with Crippen LogP contribution in [0.25, 0.3) is 0 Å². The van der Waals surface area contributed by atoms with Gasteiger partial charge < -0.3 is 52.1 Å². The van der Waals surface area contributed by atoms with E-state index in [1.165, 1.54) is 0 Å². The van der Waals surface area contributed by atoms with Crippen LogP contribution in [0.15, 0.2) is 12.7 Å². The summed E-state index contributed by atoms with van der Waals surface area (Å²) in [4.78, 5) is 10.8. The van der Waals surface area contributed by atoms with Crippen LogP contribution in [0, 0.1) is 0 Å². The first-order valence-corrected chi connectivity index (χ1v) is 13.3. The van der Waals surface area contributed by atoms with Gasteiger partial charge >= 0.3 is 5.97 Å². The fraction of sp³-hybridized carbons (Fsp3) is 0.885. The predicted octanol–water partition coefficient (Wildman–Crippen LogP) is 1.29. The van der Waals surface area contributed by atoms with Gasteiger partial charge in [-0.2, -0.15) is 0 Å². The van der Waals surface area contributed by atoms with Gasteiger partial charge in [0.2, 0.25) is 0 Å². The molecule has 0 aromatic carbocycles. The van der Waals surface area contributed by atoms with E-state index in [-0.39, 0.29) is 12.7 Å². The van der Waals surface area contributed by atoms with E-state index in [1.54, 1.807) is 0 Å². The second kappa shape index (κ2) is 32.0. The van der Waals surface area contributed by atoms with Gasteiger partial charge in [0.1, 0.15) is 6.61 Å². The first kappa shape index (κ1) is 36.8. The van der Waals surface area contributed by atoms with Crippen LogP contribution < -0.4 is 0 Å². The number of carbonyl (C=O) groups excluding carboxylic acids is 1. The fourth-order valence-corrected chi connectivity index (χ4v) is 2.46. The van der Waals surface area contributed by atoms with Crippen LogP contribution in [0.1, 0.15) is 13.8 Å². The van der Waals surface area contributed by atoms with Gasteiger partial charge in [-0.15, -0.1) is 0 Å². The molecule has 38 heavy (non-hydrogen) atoms. The predicted molar refractivity (Wildman–Crippen MR) is 140 cm³/mol. The van der Waals surface area contributed by atoms with Crippen molar-refractivity contribution in [3.05, 3.63) is 12.7 Å². The van der Waals surface area contributed by atoms with E-state index >= 15 is 0 Å². The second-order valence-corrected chi connectivity index (χ2v) is 7.80. The van der Waals surface area contributed by atoms with Crippen LogP contribution in [-0.4, -0.2) is 144 Å². The highest BCUT2D eigenvalue weighted by atomic mass is 16.6. The van der Waals surface area contributed by atoms with Gasteiger partial charge in [-0.3, -0.25) is 0 Å². The zero-order valence-electron chi connectivity index (χ0n) is 23.4. The van der Waals surface area contributed by atoms with E-state index in [2.05, 4.69) is 6.58 Å². The molecule has 0 atom stereocenters. The SMILES string of the molecule is C=CC(=O)OCCOCCOCCOCCOCCOCCOCCOCCOCCOCCOC(C)C. The standard InChI is InChI=1S/C26H50O12/c1-4-26(27)38-24-22-36-20-18-34-16-14-32-12-10-30-8-6-28-5-7-29-9-11-31-13-15-33-17-19-35-21-23-37-25(2)3/h4,25H,1,5-24H2,2-3H3. The molecule has 0 aromatic heterocycles. The summed E-state index contributed by atoms with van der Waals surface area (Å²) >= 11 is 0. The minimum atomic E-state index is -0.457. The molecule has 0 bridgehead atoms. The first-order valence-electron chi connectivity index (χ1n) is 13.3. The quantitative estimate of drug-likeness (QED) is 0.0677. The molecule has 0 unspecified atom stereocenters. The Kier molecular flexibility index (Phi) is 31.0. The van der Waals surface area contributed by atoms with Gasteiger partial charge in [0.15, 0.2) is 0 Å².